The Morgan fingerprint density at radius 1 is 1.37 bits per heavy atom. The number of anilines is 1. The molecule has 1 aliphatic carbocycles. The molecule has 1 aromatic carbocycles. The number of nitrogens with one attached hydrogen (secondary N) is 1. The molecule has 0 amide bonds. The van der Waals surface area contributed by atoms with Crippen LogP contribution in [0.15, 0.2) is 12.1 Å². The van der Waals surface area contributed by atoms with E-state index >= 15 is 0 Å². The number of hydrogen-bond donors (Lipinski definition) is 1. The van der Waals surface area contributed by atoms with Crippen LogP contribution in [0.3, 0.4) is 0 Å². The van der Waals surface area contributed by atoms with Crippen molar-refractivity contribution in [1.29, 1.82) is 0 Å². The second-order valence-electron chi connectivity index (χ2n) is 5.32. The van der Waals surface area contributed by atoms with Gasteiger partial charge in [-0.3, -0.25) is 0 Å². The fourth-order valence-electron chi connectivity index (χ4n) is 1.96. The standard InChI is InChI=1S/C14H17F2NO2/c1-8(14(2)4-5-14)17-12-6-9(13(18)19-3)10(15)7-11(12)16/h6-8,17H,4-5H2,1-3H3. The zero-order valence-electron chi connectivity index (χ0n) is 11.2. The molecule has 3 nitrogen and oxygen atoms in total. The molecule has 0 spiro atoms. The quantitative estimate of drug-likeness (QED) is 0.852. The summed E-state index contributed by atoms with van der Waals surface area (Å²) in [4.78, 5) is 11.4. The Hall–Kier alpha value is -1.65. The van der Waals surface area contributed by atoms with Gasteiger partial charge in [0.05, 0.1) is 18.4 Å². The van der Waals surface area contributed by atoms with Crippen LogP contribution in [0.1, 0.15) is 37.0 Å². The molecule has 1 N–H and O–H groups in total. The second-order valence-corrected chi connectivity index (χ2v) is 5.32. The van der Waals surface area contributed by atoms with Gasteiger partial charge in [-0.15, -0.1) is 0 Å². The van der Waals surface area contributed by atoms with Crippen molar-refractivity contribution in [2.75, 3.05) is 12.4 Å². The lowest BCUT2D eigenvalue weighted by atomic mass is 10.0. The van der Waals surface area contributed by atoms with Crippen LogP contribution < -0.4 is 5.32 Å². The highest BCUT2D eigenvalue weighted by molar-refractivity contribution is 5.90. The first kappa shape index (κ1) is 13.8. The van der Waals surface area contributed by atoms with E-state index in [0.29, 0.717) is 6.07 Å². The summed E-state index contributed by atoms with van der Waals surface area (Å²) in [7, 11) is 1.16. The minimum atomic E-state index is -0.916. The topological polar surface area (TPSA) is 38.3 Å². The van der Waals surface area contributed by atoms with E-state index in [9.17, 15) is 13.6 Å². The summed E-state index contributed by atoms with van der Waals surface area (Å²) < 4.78 is 31.7. The Kier molecular flexibility index (Phi) is 3.47. The first-order chi connectivity index (χ1) is 8.87. The Labute approximate surface area is 111 Å². The Morgan fingerprint density at radius 3 is 2.53 bits per heavy atom. The molecule has 0 aliphatic heterocycles. The van der Waals surface area contributed by atoms with Gasteiger partial charge in [0.15, 0.2) is 0 Å². The summed E-state index contributed by atoms with van der Waals surface area (Å²) in [6, 6.07) is 1.92. The van der Waals surface area contributed by atoms with Crippen LogP contribution in [0, 0.1) is 17.0 Å². The number of carbonyl (C=O) groups excluding carboxylic acids is 1. The van der Waals surface area contributed by atoms with Crippen LogP contribution in [-0.2, 0) is 4.74 Å². The molecule has 0 heterocycles. The molecule has 1 fully saturated rings. The number of methoxy groups -OCH3 is 1. The van der Waals surface area contributed by atoms with Crippen molar-refractivity contribution in [2.45, 2.75) is 32.7 Å². The van der Waals surface area contributed by atoms with Gasteiger partial charge in [0.25, 0.3) is 0 Å². The lowest BCUT2D eigenvalue weighted by Crippen LogP contribution is -2.25. The molecule has 0 aromatic heterocycles. The van der Waals surface area contributed by atoms with Crippen molar-refractivity contribution < 1.29 is 18.3 Å². The molecule has 1 aliphatic rings. The molecule has 19 heavy (non-hydrogen) atoms. The molecule has 1 unspecified atom stereocenters. The Bertz CT molecular complexity index is 512. The van der Waals surface area contributed by atoms with E-state index in [4.69, 9.17) is 0 Å². The van der Waals surface area contributed by atoms with Crippen molar-refractivity contribution >= 4 is 11.7 Å². The van der Waals surface area contributed by atoms with Gasteiger partial charge in [-0.2, -0.15) is 0 Å². The molecule has 0 radical (unpaired) electrons. The zero-order chi connectivity index (χ0) is 14.2. The van der Waals surface area contributed by atoms with Crippen LogP contribution in [0.25, 0.3) is 0 Å². The molecule has 0 saturated heterocycles. The average Bonchev–Trinajstić information content (AvgIpc) is 3.11. The highest BCUT2D eigenvalue weighted by Crippen LogP contribution is 2.49. The summed E-state index contributed by atoms with van der Waals surface area (Å²) in [6.07, 6.45) is 2.15. The smallest absolute Gasteiger partial charge is 0.340 e. The third-order valence-electron chi connectivity index (χ3n) is 3.92. The predicted octanol–water partition coefficient (Wildman–Crippen LogP) is 3.35. The molecule has 1 saturated carbocycles. The van der Waals surface area contributed by atoms with Gasteiger partial charge >= 0.3 is 5.97 Å². The molecule has 2 rings (SSSR count). The maximum absolute atomic E-state index is 13.7. The fraction of sp³-hybridized carbons (Fsp3) is 0.500. The van der Waals surface area contributed by atoms with E-state index < -0.39 is 17.6 Å². The number of esters is 1. The van der Waals surface area contributed by atoms with Crippen molar-refractivity contribution in [3.05, 3.63) is 29.3 Å². The van der Waals surface area contributed by atoms with Crippen molar-refractivity contribution in [2.24, 2.45) is 5.41 Å². The van der Waals surface area contributed by atoms with Gasteiger partial charge in [-0.05, 0) is 31.2 Å². The van der Waals surface area contributed by atoms with Gasteiger partial charge in [-0.1, -0.05) is 6.92 Å². The van der Waals surface area contributed by atoms with Crippen LogP contribution in [0.4, 0.5) is 14.5 Å². The summed E-state index contributed by atoms with van der Waals surface area (Å²) >= 11 is 0. The predicted molar refractivity (Wildman–Crippen MR) is 68.1 cm³/mol. The van der Waals surface area contributed by atoms with Crippen LogP contribution in [0.2, 0.25) is 0 Å². The summed E-state index contributed by atoms with van der Waals surface area (Å²) in [6.45, 7) is 4.06. The van der Waals surface area contributed by atoms with Gasteiger partial charge in [0.2, 0.25) is 0 Å². The van der Waals surface area contributed by atoms with Crippen molar-refractivity contribution in [3.8, 4) is 0 Å². The summed E-state index contributed by atoms with van der Waals surface area (Å²) in [5.74, 6) is -2.44. The number of hydrogen-bond acceptors (Lipinski definition) is 3. The molecular formula is C14H17F2NO2. The van der Waals surface area contributed by atoms with Gasteiger partial charge < -0.3 is 10.1 Å². The molecule has 0 bridgehead atoms. The van der Waals surface area contributed by atoms with Crippen LogP contribution in [-0.4, -0.2) is 19.1 Å². The maximum atomic E-state index is 13.7. The summed E-state index contributed by atoms with van der Waals surface area (Å²) in [5, 5.41) is 3.01. The number of halogens is 2. The largest absolute Gasteiger partial charge is 0.465 e. The van der Waals surface area contributed by atoms with E-state index in [-0.39, 0.29) is 22.7 Å². The molecule has 5 heteroatoms. The SMILES string of the molecule is COC(=O)c1cc(NC(C)C2(C)CC2)c(F)cc1F. The van der Waals surface area contributed by atoms with Crippen molar-refractivity contribution in [1.82, 2.24) is 0 Å². The number of ether oxygens (including phenoxy) is 1. The first-order valence-electron chi connectivity index (χ1n) is 6.21. The minimum Gasteiger partial charge on any atom is -0.465 e. The molecular weight excluding hydrogens is 252 g/mol. The average molecular weight is 269 g/mol. The van der Waals surface area contributed by atoms with E-state index in [0.717, 1.165) is 20.0 Å². The zero-order valence-corrected chi connectivity index (χ0v) is 11.2. The normalized spacial score (nSPS) is 17.7. The van der Waals surface area contributed by atoms with Gasteiger partial charge in [0, 0.05) is 12.1 Å². The van der Waals surface area contributed by atoms with Crippen LogP contribution in [0.5, 0.6) is 0 Å². The Balaban J connectivity index is 2.27. The molecule has 1 aromatic rings. The lowest BCUT2D eigenvalue weighted by molar-refractivity contribution is 0.0595. The monoisotopic (exact) mass is 269 g/mol. The maximum Gasteiger partial charge on any atom is 0.340 e. The molecule has 1 atom stereocenters. The van der Waals surface area contributed by atoms with E-state index in [2.05, 4.69) is 17.0 Å². The van der Waals surface area contributed by atoms with Gasteiger partial charge in [0.1, 0.15) is 11.6 Å². The van der Waals surface area contributed by atoms with E-state index in [1.54, 1.807) is 0 Å². The fourth-order valence-corrected chi connectivity index (χ4v) is 1.96. The highest BCUT2D eigenvalue weighted by atomic mass is 19.1. The first-order valence-corrected chi connectivity index (χ1v) is 6.21. The minimum absolute atomic E-state index is 0.0537. The Morgan fingerprint density at radius 2 is 2.00 bits per heavy atom. The molecule has 104 valence electrons. The third-order valence-corrected chi connectivity index (χ3v) is 3.92. The second kappa shape index (κ2) is 4.79. The lowest BCUT2D eigenvalue weighted by Gasteiger charge is -2.22. The number of benzene rings is 1. The van der Waals surface area contributed by atoms with Crippen LogP contribution >= 0.6 is 0 Å². The number of rotatable bonds is 4. The van der Waals surface area contributed by atoms with Crippen molar-refractivity contribution in [3.63, 3.8) is 0 Å². The van der Waals surface area contributed by atoms with E-state index in [1.807, 2.05) is 6.92 Å². The number of carbonyl (C=O) groups is 1. The highest BCUT2D eigenvalue weighted by Gasteiger charge is 2.42. The summed E-state index contributed by atoms with van der Waals surface area (Å²) in [5.41, 5.74) is 0.00803. The third kappa shape index (κ3) is 2.69. The van der Waals surface area contributed by atoms with E-state index in [1.165, 1.54) is 6.07 Å². The van der Waals surface area contributed by atoms with Gasteiger partial charge in [-0.25, -0.2) is 13.6 Å².